The van der Waals surface area contributed by atoms with E-state index in [1.807, 2.05) is 12.1 Å². The summed E-state index contributed by atoms with van der Waals surface area (Å²) in [6.07, 6.45) is 0.361. The molecular formula is C10H11B2F. The normalized spacial score (nSPS) is 9.69. The Morgan fingerprint density at radius 2 is 2.31 bits per heavy atom. The first-order valence-electron chi connectivity index (χ1n) is 4.23. The summed E-state index contributed by atoms with van der Waals surface area (Å²) in [5.74, 6) is 0. The van der Waals surface area contributed by atoms with Crippen molar-refractivity contribution >= 4 is 20.3 Å². The Labute approximate surface area is 80.4 Å². The summed E-state index contributed by atoms with van der Waals surface area (Å²) in [4.78, 5) is 0. The van der Waals surface area contributed by atoms with Gasteiger partial charge in [0.15, 0.2) is 0 Å². The highest BCUT2D eigenvalue weighted by molar-refractivity contribution is 6.58. The minimum absolute atomic E-state index is 0.361. The maximum Gasteiger partial charge on any atom is 0.380 e. The van der Waals surface area contributed by atoms with Crippen LogP contribution >= 0.6 is 0 Å². The first-order chi connectivity index (χ1) is 6.09. The molecule has 1 aromatic rings. The Morgan fingerprint density at radius 3 is 2.85 bits per heavy atom. The molecule has 0 aromatic heterocycles. The highest BCUT2D eigenvalue weighted by atomic mass is 19.1. The van der Waals surface area contributed by atoms with Crippen LogP contribution in [0.15, 0.2) is 36.3 Å². The summed E-state index contributed by atoms with van der Waals surface area (Å²) < 4.78 is 13.2. The molecule has 1 aromatic carbocycles. The van der Waals surface area contributed by atoms with Gasteiger partial charge in [0.1, 0.15) is 7.85 Å². The van der Waals surface area contributed by atoms with Crippen LogP contribution in [0.5, 0.6) is 0 Å². The van der Waals surface area contributed by atoms with E-state index in [2.05, 4.69) is 6.58 Å². The van der Waals surface area contributed by atoms with Crippen molar-refractivity contribution in [2.24, 2.45) is 0 Å². The lowest BCUT2D eigenvalue weighted by Crippen LogP contribution is -2.13. The van der Waals surface area contributed by atoms with E-state index in [1.54, 1.807) is 19.1 Å². The van der Waals surface area contributed by atoms with Crippen LogP contribution in [0, 0.1) is 0 Å². The lowest BCUT2D eigenvalue weighted by Gasteiger charge is -2.04. The summed E-state index contributed by atoms with van der Waals surface area (Å²) in [5, 5.41) is 0. The summed E-state index contributed by atoms with van der Waals surface area (Å²) in [6, 6.07) is 7.27. The van der Waals surface area contributed by atoms with Gasteiger partial charge in [-0.1, -0.05) is 40.8 Å². The van der Waals surface area contributed by atoms with Crippen molar-refractivity contribution in [3.05, 3.63) is 41.9 Å². The van der Waals surface area contributed by atoms with E-state index in [1.165, 1.54) is 0 Å². The van der Waals surface area contributed by atoms with Crippen molar-refractivity contribution < 1.29 is 4.32 Å². The molecule has 1 rings (SSSR count). The molecule has 0 aliphatic carbocycles. The van der Waals surface area contributed by atoms with E-state index >= 15 is 0 Å². The second-order valence-corrected chi connectivity index (χ2v) is 3.26. The molecule has 0 aliphatic heterocycles. The lowest BCUT2D eigenvalue weighted by atomic mass is 9.60. The highest BCUT2D eigenvalue weighted by Crippen LogP contribution is 2.06. The fourth-order valence-electron chi connectivity index (χ4n) is 1.10. The number of rotatable bonds is 3. The monoisotopic (exact) mass is 172 g/mol. The van der Waals surface area contributed by atoms with Gasteiger partial charge in [-0.15, -0.1) is 6.58 Å². The number of halogens is 1. The molecule has 0 spiro atoms. The van der Waals surface area contributed by atoms with Gasteiger partial charge in [-0.05, 0) is 13.2 Å². The van der Waals surface area contributed by atoms with Gasteiger partial charge in [-0.25, -0.2) is 0 Å². The van der Waals surface area contributed by atoms with Crippen molar-refractivity contribution in [2.75, 3.05) is 0 Å². The van der Waals surface area contributed by atoms with E-state index in [0.717, 1.165) is 5.56 Å². The standard InChI is InChI=1S/C10H11B2F/c1-8(2)12(13)7-9-4-3-5-10(11)6-9/h3-6H,1,7H2,2H3. The van der Waals surface area contributed by atoms with Crippen LogP contribution in [0.3, 0.4) is 0 Å². The molecule has 64 valence electrons. The molecule has 0 atom stereocenters. The maximum absolute atomic E-state index is 13.2. The van der Waals surface area contributed by atoms with Crippen molar-refractivity contribution in [1.82, 2.24) is 0 Å². The SMILES string of the molecule is [B]c1cccc(CB(F)C(=C)C)c1. The van der Waals surface area contributed by atoms with Crippen molar-refractivity contribution in [3.63, 3.8) is 0 Å². The molecule has 0 saturated heterocycles. The zero-order valence-electron chi connectivity index (χ0n) is 7.76. The molecule has 0 heterocycles. The minimum Gasteiger partial charge on any atom is -0.329 e. The summed E-state index contributed by atoms with van der Waals surface area (Å²) in [7, 11) is 5.57. The van der Waals surface area contributed by atoms with Crippen LogP contribution in [0.25, 0.3) is 0 Å². The van der Waals surface area contributed by atoms with Gasteiger partial charge in [-0.3, -0.25) is 0 Å². The van der Waals surface area contributed by atoms with Crippen molar-refractivity contribution in [1.29, 1.82) is 0 Å². The molecule has 0 saturated carbocycles. The summed E-state index contributed by atoms with van der Waals surface area (Å²) in [5.41, 5.74) is 2.14. The number of allylic oxidation sites excluding steroid dienone is 1. The molecule has 13 heavy (non-hydrogen) atoms. The van der Waals surface area contributed by atoms with E-state index in [9.17, 15) is 4.32 Å². The summed E-state index contributed by atoms with van der Waals surface area (Å²) in [6.45, 7) is 4.29. The molecule has 0 amide bonds. The third-order valence-corrected chi connectivity index (χ3v) is 1.90. The fourth-order valence-corrected chi connectivity index (χ4v) is 1.10. The van der Waals surface area contributed by atoms with Crippen LogP contribution in [0.4, 0.5) is 4.32 Å². The Kier molecular flexibility index (Phi) is 3.35. The second-order valence-electron chi connectivity index (χ2n) is 3.26. The predicted molar refractivity (Wildman–Crippen MR) is 57.2 cm³/mol. The second kappa shape index (κ2) is 4.31. The van der Waals surface area contributed by atoms with Crippen molar-refractivity contribution in [3.8, 4) is 0 Å². The molecule has 0 unspecified atom stereocenters. The zero-order chi connectivity index (χ0) is 9.84. The first-order valence-corrected chi connectivity index (χ1v) is 4.23. The van der Waals surface area contributed by atoms with Crippen LogP contribution < -0.4 is 5.46 Å². The molecule has 3 heteroatoms. The Hall–Kier alpha value is -0.980. The smallest absolute Gasteiger partial charge is 0.329 e. The Balaban J connectivity index is 2.69. The molecule has 0 fully saturated rings. The van der Waals surface area contributed by atoms with Gasteiger partial charge < -0.3 is 4.32 Å². The van der Waals surface area contributed by atoms with E-state index in [4.69, 9.17) is 7.85 Å². The van der Waals surface area contributed by atoms with Gasteiger partial charge in [0.25, 0.3) is 0 Å². The fraction of sp³-hybridized carbons (Fsp3) is 0.200. The van der Waals surface area contributed by atoms with Crippen LogP contribution in [-0.4, -0.2) is 14.8 Å². The topological polar surface area (TPSA) is 0 Å². The van der Waals surface area contributed by atoms with Gasteiger partial charge in [0, 0.05) is 0 Å². The molecular weight excluding hydrogens is 161 g/mol. The molecule has 0 nitrogen and oxygen atoms in total. The van der Waals surface area contributed by atoms with E-state index in [-0.39, 0.29) is 0 Å². The Bertz CT molecular complexity index is 310. The average molecular weight is 172 g/mol. The van der Waals surface area contributed by atoms with E-state index in [0.29, 0.717) is 17.3 Å². The predicted octanol–water partition coefficient (Wildman–Crippen LogP) is 1.64. The largest absolute Gasteiger partial charge is 0.380 e. The molecule has 0 aliphatic rings. The molecule has 0 N–H and O–H groups in total. The van der Waals surface area contributed by atoms with Gasteiger partial charge in [0.05, 0.1) is 0 Å². The third-order valence-electron chi connectivity index (χ3n) is 1.90. The number of benzene rings is 1. The van der Waals surface area contributed by atoms with Gasteiger partial charge in [-0.2, -0.15) is 0 Å². The van der Waals surface area contributed by atoms with Crippen LogP contribution in [-0.2, 0) is 6.32 Å². The zero-order valence-corrected chi connectivity index (χ0v) is 7.76. The summed E-state index contributed by atoms with van der Waals surface area (Å²) >= 11 is 0. The average Bonchev–Trinajstić information content (AvgIpc) is 2.04. The molecule has 2 radical (unpaired) electrons. The Morgan fingerprint density at radius 1 is 1.62 bits per heavy atom. The lowest BCUT2D eigenvalue weighted by molar-refractivity contribution is 0.827. The minimum atomic E-state index is -0.971. The van der Waals surface area contributed by atoms with Crippen molar-refractivity contribution in [2.45, 2.75) is 13.2 Å². The van der Waals surface area contributed by atoms with Crippen LogP contribution in [0.2, 0.25) is 0 Å². The van der Waals surface area contributed by atoms with Gasteiger partial charge >= 0.3 is 6.99 Å². The quantitative estimate of drug-likeness (QED) is 0.607. The number of hydrogen-bond donors (Lipinski definition) is 0. The molecule has 0 bridgehead atoms. The third kappa shape index (κ3) is 3.10. The van der Waals surface area contributed by atoms with E-state index < -0.39 is 6.99 Å². The first kappa shape index (κ1) is 10.1. The highest BCUT2D eigenvalue weighted by Gasteiger charge is 2.14. The van der Waals surface area contributed by atoms with Crippen LogP contribution in [0.1, 0.15) is 12.5 Å². The maximum atomic E-state index is 13.2. The van der Waals surface area contributed by atoms with Gasteiger partial charge in [0.2, 0.25) is 0 Å². The number of hydrogen-bond acceptors (Lipinski definition) is 0.